The van der Waals surface area contributed by atoms with Gasteiger partial charge in [0, 0.05) is 13.7 Å². The van der Waals surface area contributed by atoms with E-state index in [1.807, 2.05) is 6.92 Å². The van der Waals surface area contributed by atoms with Gasteiger partial charge in [-0.05, 0) is 6.42 Å². The molecule has 3 N–H and O–H groups in total. The van der Waals surface area contributed by atoms with E-state index in [1.165, 1.54) is 7.11 Å². The summed E-state index contributed by atoms with van der Waals surface area (Å²) >= 11 is 0. The molecule has 88 valence electrons. The maximum atomic E-state index is 11.1. The van der Waals surface area contributed by atoms with Crippen LogP contribution in [0.3, 0.4) is 0 Å². The topological polar surface area (TPSA) is 87.7 Å². The van der Waals surface area contributed by atoms with Gasteiger partial charge in [0.05, 0.1) is 6.54 Å². The first-order valence-electron chi connectivity index (χ1n) is 4.89. The standard InChI is InChI=1S/C9H18N2O4/c1-3-4-5-10-9(14)11-6-7(15-2)8(12)13/h7H,3-6H2,1-2H3,(H,12,13)(H2,10,11,14). The van der Waals surface area contributed by atoms with Crippen molar-refractivity contribution in [2.45, 2.75) is 25.9 Å². The molecule has 0 aromatic rings. The van der Waals surface area contributed by atoms with E-state index in [1.54, 1.807) is 0 Å². The molecule has 0 aromatic carbocycles. The van der Waals surface area contributed by atoms with Crippen molar-refractivity contribution in [3.8, 4) is 0 Å². The minimum atomic E-state index is -1.09. The molecule has 0 aromatic heterocycles. The van der Waals surface area contributed by atoms with E-state index >= 15 is 0 Å². The highest BCUT2D eigenvalue weighted by molar-refractivity contribution is 5.76. The molecule has 15 heavy (non-hydrogen) atoms. The summed E-state index contributed by atoms with van der Waals surface area (Å²) in [6.07, 6.45) is 0.901. The normalized spacial score (nSPS) is 11.9. The zero-order chi connectivity index (χ0) is 11.7. The second kappa shape index (κ2) is 8.05. The highest BCUT2D eigenvalue weighted by atomic mass is 16.5. The first-order chi connectivity index (χ1) is 7.11. The van der Waals surface area contributed by atoms with Crippen molar-refractivity contribution in [1.29, 1.82) is 0 Å². The Labute approximate surface area is 89.0 Å². The maximum Gasteiger partial charge on any atom is 0.334 e. The lowest BCUT2D eigenvalue weighted by Crippen LogP contribution is -2.43. The van der Waals surface area contributed by atoms with Gasteiger partial charge in [0.25, 0.3) is 0 Å². The highest BCUT2D eigenvalue weighted by Crippen LogP contribution is 1.87. The Morgan fingerprint density at radius 3 is 2.53 bits per heavy atom. The van der Waals surface area contributed by atoms with Gasteiger partial charge < -0.3 is 20.5 Å². The predicted molar refractivity (Wildman–Crippen MR) is 54.7 cm³/mol. The SMILES string of the molecule is CCCCNC(=O)NCC(OC)C(=O)O. The summed E-state index contributed by atoms with van der Waals surface area (Å²) < 4.78 is 4.65. The zero-order valence-corrected chi connectivity index (χ0v) is 9.08. The number of hydrogen-bond acceptors (Lipinski definition) is 3. The molecule has 1 atom stereocenters. The molecular formula is C9H18N2O4. The van der Waals surface area contributed by atoms with Crippen LogP contribution >= 0.6 is 0 Å². The third kappa shape index (κ3) is 6.73. The van der Waals surface area contributed by atoms with Crippen molar-refractivity contribution >= 4 is 12.0 Å². The van der Waals surface area contributed by atoms with E-state index < -0.39 is 12.1 Å². The predicted octanol–water partition coefficient (Wildman–Crippen LogP) is 0.185. The van der Waals surface area contributed by atoms with Gasteiger partial charge in [-0.1, -0.05) is 13.3 Å². The average molecular weight is 218 g/mol. The van der Waals surface area contributed by atoms with Crippen LogP contribution in [0.5, 0.6) is 0 Å². The Morgan fingerprint density at radius 1 is 1.40 bits per heavy atom. The lowest BCUT2D eigenvalue weighted by molar-refractivity contribution is -0.147. The number of ether oxygens (including phenoxy) is 1. The fourth-order valence-corrected chi connectivity index (χ4v) is 0.898. The molecule has 0 saturated heterocycles. The number of rotatable bonds is 7. The number of unbranched alkanes of at least 4 members (excludes halogenated alkanes) is 1. The summed E-state index contributed by atoms with van der Waals surface area (Å²) in [5.74, 6) is -1.09. The Hall–Kier alpha value is -1.30. The summed E-state index contributed by atoms with van der Waals surface area (Å²) in [5.41, 5.74) is 0. The molecule has 0 bridgehead atoms. The summed E-state index contributed by atoms with van der Waals surface area (Å²) in [4.78, 5) is 21.6. The lowest BCUT2D eigenvalue weighted by Gasteiger charge is -2.11. The van der Waals surface area contributed by atoms with Crippen LogP contribution in [0, 0.1) is 0 Å². The molecule has 0 rings (SSSR count). The largest absolute Gasteiger partial charge is 0.479 e. The molecular weight excluding hydrogens is 200 g/mol. The number of methoxy groups -OCH3 is 1. The van der Waals surface area contributed by atoms with Crippen LogP contribution in [0.2, 0.25) is 0 Å². The monoisotopic (exact) mass is 218 g/mol. The number of amides is 2. The molecule has 0 aliphatic carbocycles. The van der Waals surface area contributed by atoms with Crippen molar-refractivity contribution in [1.82, 2.24) is 10.6 Å². The van der Waals surface area contributed by atoms with E-state index in [0.29, 0.717) is 6.54 Å². The highest BCUT2D eigenvalue weighted by Gasteiger charge is 2.16. The lowest BCUT2D eigenvalue weighted by atomic mass is 10.3. The van der Waals surface area contributed by atoms with Gasteiger partial charge in [0.1, 0.15) is 0 Å². The number of urea groups is 1. The van der Waals surface area contributed by atoms with E-state index in [4.69, 9.17) is 5.11 Å². The molecule has 6 nitrogen and oxygen atoms in total. The summed E-state index contributed by atoms with van der Waals surface area (Å²) in [6.45, 7) is 2.57. The molecule has 0 radical (unpaired) electrons. The first kappa shape index (κ1) is 13.7. The van der Waals surface area contributed by atoms with Crippen LogP contribution in [0.25, 0.3) is 0 Å². The molecule has 0 spiro atoms. The Balaban J connectivity index is 3.64. The van der Waals surface area contributed by atoms with Gasteiger partial charge in [-0.15, -0.1) is 0 Å². The number of carboxylic acids is 1. The van der Waals surface area contributed by atoms with E-state index in [-0.39, 0.29) is 12.6 Å². The van der Waals surface area contributed by atoms with Gasteiger partial charge in [0.15, 0.2) is 6.10 Å². The van der Waals surface area contributed by atoms with Gasteiger partial charge in [-0.3, -0.25) is 0 Å². The van der Waals surface area contributed by atoms with Gasteiger partial charge >= 0.3 is 12.0 Å². The molecule has 6 heteroatoms. The van der Waals surface area contributed by atoms with Crippen molar-refractivity contribution in [3.05, 3.63) is 0 Å². The number of carbonyl (C=O) groups excluding carboxylic acids is 1. The van der Waals surface area contributed by atoms with Crippen LogP contribution in [0.1, 0.15) is 19.8 Å². The Bertz CT molecular complexity index is 208. The average Bonchev–Trinajstić information content (AvgIpc) is 2.18. The minimum Gasteiger partial charge on any atom is -0.479 e. The zero-order valence-electron chi connectivity index (χ0n) is 9.08. The van der Waals surface area contributed by atoms with Crippen molar-refractivity contribution in [3.63, 3.8) is 0 Å². The molecule has 0 heterocycles. The number of hydrogen-bond donors (Lipinski definition) is 3. The van der Waals surface area contributed by atoms with Crippen LogP contribution in [-0.4, -0.2) is 43.4 Å². The van der Waals surface area contributed by atoms with Crippen molar-refractivity contribution < 1.29 is 19.4 Å². The van der Waals surface area contributed by atoms with Crippen molar-refractivity contribution in [2.75, 3.05) is 20.2 Å². The molecule has 2 amide bonds. The second-order valence-electron chi connectivity index (χ2n) is 3.05. The third-order valence-electron chi connectivity index (χ3n) is 1.82. The van der Waals surface area contributed by atoms with Crippen LogP contribution in [-0.2, 0) is 9.53 Å². The summed E-state index contributed by atoms with van der Waals surface area (Å²) in [6, 6.07) is -0.369. The minimum absolute atomic E-state index is 0.0379. The van der Waals surface area contributed by atoms with Crippen LogP contribution in [0.4, 0.5) is 4.79 Å². The smallest absolute Gasteiger partial charge is 0.334 e. The second-order valence-corrected chi connectivity index (χ2v) is 3.05. The molecule has 1 unspecified atom stereocenters. The number of nitrogens with one attached hydrogen (secondary N) is 2. The fourth-order valence-electron chi connectivity index (χ4n) is 0.898. The fraction of sp³-hybridized carbons (Fsp3) is 0.778. The van der Waals surface area contributed by atoms with E-state index in [0.717, 1.165) is 12.8 Å². The quantitative estimate of drug-likeness (QED) is 0.532. The third-order valence-corrected chi connectivity index (χ3v) is 1.82. The summed E-state index contributed by atoms with van der Waals surface area (Å²) in [5, 5.41) is 13.6. The van der Waals surface area contributed by atoms with E-state index in [9.17, 15) is 9.59 Å². The molecule has 0 saturated carbocycles. The first-order valence-corrected chi connectivity index (χ1v) is 4.89. The number of aliphatic carboxylic acids is 1. The van der Waals surface area contributed by atoms with E-state index in [2.05, 4.69) is 15.4 Å². The van der Waals surface area contributed by atoms with Crippen LogP contribution in [0.15, 0.2) is 0 Å². The van der Waals surface area contributed by atoms with Crippen molar-refractivity contribution in [2.24, 2.45) is 0 Å². The van der Waals surface area contributed by atoms with Gasteiger partial charge in [0.2, 0.25) is 0 Å². The maximum absolute atomic E-state index is 11.1. The van der Waals surface area contributed by atoms with Crippen LogP contribution < -0.4 is 10.6 Å². The molecule has 0 aliphatic heterocycles. The van der Waals surface area contributed by atoms with Gasteiger partial charge in [-0.25, -0.2) is 9.59 Å². The molecule has 0 fully saturated rings. The Kier molecular flexibility index (Phi) is 7.35. The Morgan fingerprint density at radius 2 is 2.07 bits per heavy atom. The summed E-state index contributed by atoms with van der Waals surface area (Å²) in [7, 11) is 1.29. The number of carboxylic acid groups (broad SMARTS) is 1. The molecule has 0 aliphatic rings. The number of carbonyl (C=O) groups is 2. The van der Waals surface area contributed by atoms with Gasteiger partial charge in [-0.2, -0.15) is 0 Å².